The second kappa shape index (κ2) is 4.79. The van der Waals surface area contributed by atoms with Crippen molar-refractivity contribution in [3.8, 4) is 0 Å². The number of H-pyrrole nitrogens is 1. The molecule has 0 unspecified atom stereocenters. The summed E-state index contributed by atoms with van der Waals surface area (Å²) in [7, 11) is 0. The van der Waals surface area contributed by atoms with E-state index in [1.165, 1.54) is 11.8 Å². The molecule has 0 fully saturated rings. The minimum absolute atomic E-state index is 0.448. The number of fused-ring (bicyclic) bond motifs is 1. The summed E-state index contributed by atoms with van der Waals surface area (Å²) in [5.74, 6) is -0.797. The average Bonchev–Trinajstić information content (AvgIpc) is 2.66. The van der Waals surface area contributed by atoms with Crippen LogP contribution in [0, 0.1) is 6.92 Å². The molecule has 17 heavy (non-hydrogen) atoms. The number of hydrogen-bond acceptors (Lipinski definition) is 3. The van der Waals surface area contributed by atoms with Crippen LogP contribution in [0.3, 0.4) is 0 Å². The van der Waals surface area contributed by atoms with Gasteiger partial charge in [0.1, 0.15) is 5.25 Å². The standard InChI is InChI=1S/C12H14N2O2S/c1-3-10(11(15)16)17-12-13-8-5-4-7(2)6-9(8)14-12/h4-6,10H,3H2,1-2H3,(H,13,14)(H,15,16)/t10-/m0/s1. The first-order valence-corrected chi connectivity index (χ1v) is 6.34. The molecule has 0 aliphatic carbocycles. The average molecular weight is 250 g/mol. The monoisotopic (exact) mass is 250 g/mol. The molecule has 0 aliphatic rings. The fraction of sp³-hybridized carbons (Fsp3) is 0.333. The van der Waals surface area contributed by atoms with Crippen LogP contribution in [0.1, 0.15) is 18.9 Å². The number of carbonyl (C=O) groups is 1. The lowest BCUT2D eigenvalue weighted by atomic mass is 10.2. The Morgan fingerprint density at radius 1 is 1.59 bits per heavy atom. The summed E-state index contributed by atoms with van der Waals surface area (Å²) in [6.07, 6.45) is 0.579. The third-order valence-corrected chi connectivity index (χ3v) is 3.75. The van der Waals surface area contributed by atoms with E-state index in [1.54, 1.807) is 0 Å². The molecule has 1 aromatic heterocycles. The van der Waals surface area contributed by atoms with Crippen molar-refractivity contribution in [2.45, 2.75) is 30.7 Å². The second-order valence-corrected chi connectivity index (χ2v) is 5.11. The number of carboxylic acid groups (broad SMARTS) is 1. The predicted octanol–water partition coefficient (Wildman–Crippen LogP) is 2.83. The molecule has 5 heteroatoms. The Balaban J connectivity index is 2.27. The SMILES string of the molecule is CC[C@H](Sc1nc2ccc(C)cc2[nH]1)C(=O)O. The molecule has 0 aliphatic heterocycles. The molecule has 2 aromatic rings. The topological polar surface area (TPSA) is 66.0 Å². The first kappa shape index (κ1) is 12.0. The summed E-state index contributed by atoms with van der Waals surface area (Å²) in [5.41, 5.74) is 2.98. The third kappa shape index (κ3) is 2.61. The van der Waals surface area contributed by atoms with Crippen molar-refractivity contribution in [2.75, 3.05) is 0 Å². The van der Waals surface area contributed by atoms with Crippen molar-refractivity contribution in [1.29, 1.82) is 0 Å². The van der Waals surface area contributed by atoms with E-state index in [0.29, 0.717) is 11.6 Å². The van der Waals surface area contributed by atoms with Crippen LogP contribution in [0.2, 0.25) is 0 Å². The highest BCUT2D eigenvalue weighted by Crippen LogP contribution is 2.25. The van der Waals surface area contributed by atoms with E-state index in [4.69, 9.17) is 5.11 Å². The minimum Gasteiger partial charge on any atom is -0.480 e. The first-order chi connectivity index (χ1) is 8.10. The van der Waals surface area contributed by atoms with Crippen LogP contribution in [0.5, 0.6) is 0 Å². The summed E-state index contributed by atoms with van der Waals surface area (Å²) in [6.45, 7) is 3.87. The zero-order valence-corrected chi connectivity index (χ0v) is 10.5. The largest absolute Gasteiger partial charge is 0.480 e. The van der Waals surface area contributed by atoms with Gasteiger partial charge in [-0.05, 0) is 31.0 Å². The van der Waals surface area contributed by atoms with Gasteiger partial charge < -0.3 is 10.1 Å². The van der Waals surface area contributed by atoms with Crippen molar-refractivity contribution in [3.05, 3.63) is 23.8 Å². The van der Waals surface area contributed by atoms with Gasteiger partial charge in [-0.3, -0.25) is 4.79 Å². The van der Waals surface area contributed by atoms with Crippen LogP contribution in [-0.2, 0) is 4.79 Å². The number of aromatic nitrogens is 2. The highest BCUT2D eigenvalue weighted by Gasteiger charge is 2.18. The zero-order chi connectivity index (χ0) is 12.4. The summed E-state index contributed by atoms with van der Waals surface area (Å²) >= 11 is 1.26. The molecule has 90 valence electrons. The van der Waals surface area contributed by atoms with Crippen LogP contribution < -0.4 is 0 Å². The summed E-state index contributed by atoms with van der Waals surface area (Å²) in [6, 6.07) is 5.94. The molecule has 0 bridgehead atoms. The molecule has 1 heterocycles. The first-order valence-electron chi connectivity index (χ1n) is 5.46. The van der Waals surface area contributed by atoms with E-state index in [2.05, 4.69) is 9.97 Å². The van der Waals surface area contributed by atoms with Gasteiger partial charge in [0.25, 0.3) is 0 Å². The second-order valence-electron chi connectivity index (χ2n) is 3.92. The molecule has 4 nitrogen and oxygen atoms in total. The molecule has 0 saturated heterocycles. The van der Waals surface area contributed by atoms with E-state index in [1.807, 2.05) is 32.0 Å². The maximum absolute atomic E-state index is 10.9. The van der Waals surface area contributed by atoms with Crippen LogP contribution >= 0.6 is 11.8 Å². The molecule has 0 radical (unpaired) electrons. The van der Waals surface area contributed by atoms with Gasteiger partial charge in [0.15, 0.2) is 5.16 Å². The number of benzene rings is 1. The van der Waals surface area contributed by atoms with Gasteiger partial charge in [-0.1, -0.05) is 24.8 Å². The summed E-state index contributed by atoms with van der Waals surface area (Å²) in [4.78, 5) is 18.5. The number of nitrogens with one attached hydrogen (secondary N) is 1. The minimum atomic E-state index is -0.797. The lowest BCUT2D eigenvalue weighted by Gasteiger charge is -2.05. The maximum atomic E-state index is 10.9. The Hall–Kier alpha value is -1.49. The molecule has 0 amide bonds. The highest BCUT2D eigenvalue weighted by molar-refractivity contribution is 8.00. The van der Waals surface area contributed by atoms with Gasteiger partial charge in [0.2, 0.25) is 0 Å². The number of imidazole rings is 1. The molecular weight excluding hydrogens is 236 g/mol. The fourth-order valence-corrected chi connectivity index (χ4v) is 2.46. The Morgan fingerprint density at radius 3 is 3.00 bits per heavy atom. The number of rotatable bonds is 4. The van der Waals surface area contributed by atoms with Crippen molar-refractivity contribution in [1.82, 2.24) is 9.97 Å². The summed E-state index contributed by atoms with van der Waals surface area (Å²) < 4.78 is 0. The van der Waals surface area contributed by atoms with Gasteiger partial charge in [0.05, 0.1) is 11.0 Å². The predicted molar refractivity (Wildman–Crippen MR) is 68.4 cm³/mol. The number of hydrogen-bond donors (Lipinski definition) is 2. The van der Waals surface area contributed by atoms with Crippen molar-refractivity contribution >= 4 is 28.8 Å². The Morgan fingerprint density at radius 2 is 2.35 bits per heavy atom. The van der Waals surface area contributed by atoms with Crippen molar-refractivity contribution < 1.29 is 9.90 Å². The normalized spacial score (nSPS) is 12.8. The van der Waals surface area contributed by atoms with Crippen LogP contribution in [0.4, 0.5) is 0 Å². The summed E-state index contributed by atoms with van der Waals surface area (Å²) in [5, 5.41) is 9.21. The zero-order valence-electron chi connectivity index (χ0n) is 9.73. The smallest absolute Gasteiger partial charge is 0.317 e. The van der Waals surface area contributed by atoms with E-state index < -0.39 is 11.2 Å². The number of carboxylic acids is 1. The van der Waals surface area contributed by atoms with Gasteiger partial charge in [-0.2, -0.15) is 0 Å². The van der Waals surface area contributed by atoms with Gasteiger partial charge in [-0.15, -0.1) is 0 Å². The number of thioether (sulfide) groups is 1. The molecule has 1 aromatic carbocycles. The number of aliphatic carboxylic acids is 1. The molecular formula is C12H14N2O2S. The van der Waals surface area contributed by atoms with Gasteiger partial charge >= 0.3 is 5.97 Å². The molecule has 2 N–H and O–H groups in total. The van der Waals surface area contributed by atoms with Crippen LogP contribution in [0.25, 0.3) is 11.0 Å². The molecule has 2 rings (SSSR count). The van der Waals surface area contributed by atoms with Crippen LogP contribution in [0.15, 0.2) is 23.4 Å². The number of aryl methyl sites for hydroxylation is 1. The van der Waals surface area contributed by atoms with E-state index >= 15 is 0 Å². The Bertz CT molecular complexity index is 550. The van der Waals surface area contributed by atoms with Gasteiger partial charge in [-0.25, -0.2) is 4.98 Å². The Labute approximate surface area is 103 Å². The highest BCUT2D eigenvalue weighted by atomic mass is 32.2. The van der Waals surface area contributed by atoms with E-state index in [-0.39, 0.29) is 0 Å². The quantitative estimate of drug-likeness (QED) is 0.819. The van der Waals surface area contributed by atoms with Crippen LogP contribution in [-0.4, -0.2) is 26.3 Å². The van der Waals surface area contributed by atoms with E-state index in [9.17, 15) is 4.79 Å². The third-order valence-electron chi connectivity index (χ3n) is 2.52. The maximum Gasteiger partial charge on any atom is 0.317 e. The molecule has 1 atom stereocenters. The molecule has 0 saturated carbocycles. The van der Waals surface area contributed by atoms with E-state index in [0.717, 1.165) is 16.6 Å². The number of nitrogens with zero attached hydrogens (tertiary/aromatic N) is 1. The van der Waals surface area contributed by atoms with Gasteiger partial charge in [0, 0.05) is 0 Å². The Kier molecular flexibility index (Phi) is 3.38. The lowest BCUT2D eigenvalue weighted by Crippen LogP contribution is -2.14. The lowest BCUT2D eigenvalue weighted by molar-refractivity contribution is -0.136. The number of aromatic amines is 1. The van der Waals surface area contributed by atoms with Crippen molar-refractivity contribution in [3.63, 3.8) is 0 Å². The molecule has 0 spiro atoms. The fourth-order valence-electron chi connectivity index (χ4n) is 1.60. The van der Waals surface area contributed by atoms with Crippen molar-refractivity contribution in [2.24, 2.45) is 0 Å².